The Morgan fingerprint density at radius 2 is 1.68 bits per heavy atom. The van der Waals surface area contributed by atoms with E-state index in [4.69, 9.17) is 14.2 Å². The van der Waals surface area contributed by atoms with Crippen molar-refractivity contribution in [2.45, 2.75) is 75.4 Å². The zero-order valence-electron chi connectivity index (χ0n) is 34.4. The van der Waals surface area contributed by atoms with Gasteiger partial charge in [-0.2, -0.15) is 0 Å². The molecule has 0 aliphatic carbocycles. The standard InChI is InChI=1S/C46H53N5O7Si/c1-32-44(59(4,5)37-22-20-36(56-2)21-23-37)42(25-27-49-29-40(47-48-49)38(30-52)33-14-8-6-9-15-33)58-46(32)39-28-35(51(31-53)34-16-10-7-11-17-34)19-24-41(39)50(45(46)55)26-13-12-18-43(54)57-3/h6-11,14-17,19-24,28-29,31-32,38,42,44,52H,12-13,18,25-27,30H2,1-5H3/t32-,38?,42+,44-,46+/m1/s1. The van der Waals surface area contributed by atoms with E-state index in [2.05, 4.69) is 42.5 Å². The molecule has 7 rings (SSSR count). The third-order valence-corrected chi connectivity index (χ3v) is 16.8. The molecule has 2 aliphatic heterocycles. The molecule has 59 heavy (non-hydrogen) atoms. The monoisotopic (exact) mass is 815 g/mol. The van der Waals surface area contributed by atoms with Crippen LogP contribution in [0.25, 0.3) is 0 Å². The first-order valence-electron chi connectivity index (χ1n) is 20.3. The molecule has 0 saturated carbocycles. The number of aromatic nitrogens is 3. The summed E-state index contributed by atoms with van der Waals surface area (Å²) in [6.45, 7) is 7.59. The lowest BCUT2D eigenvalue weighted by Gasteiger charge is -2.37. The number of amides is 2. The van der Waals surface area contributed by atoms with E-state index in [1.54, 1.807) is 16.7 Å². The fourth-order valence-corrected chi connectivity index (χ4v) is 13.4. The van der Waals surface area contributed by atoms with Crippen molar-refractivity contribution in [3.05, 3.63) is 126 Å². The molecule has 1 unspecified atom stereocenters. The maximum absolute atomic E-state index is 15.3. The van der Waals surface area contributed by atoms with Gasteiger partial charge in [-0.05, 0) is 72.8 Å². The number of aliphatic hydroxyl groups excluding tert-OH is 1. The molecule has 308 valence electrons. The first-order chi connectivity index (χ1) is 28.6. The van der Waals surface area contributed by atoms with Gasteiger partial charge in [0, 0.05) is 48.6 Å². The minimum atomic E-state index is -2.47. The van der Waals surface area contributed by atoms with Crippen molar-refractivity contribution >= 4 is 48.6 Å². The summed E-state index contributed by atoms with van der Waals surface area (Å²) in [7, 11) is 0.569. The molecule has 0 radical (unpaired) electrons. The third-order valence-electron chi connectivity index (χ3n) is 12.4. The number of fused-ring (bicyclic) bond motifs is 2. The molecule has 5 aromatic rings. The van der Waals surface area contributed by atoms with Crippen molar-refractivity contribution in [3.8, 4) is 5.75 Å². The van der Waals surface area contributed by atoms with Crippen LogP contribution in [0.15, 0.2) is 109 Å². The Kier molecular flexibility index (Phi) is 12.5. The second-order valence-corrected chi connectivity index (χ2v) is 20.7. The van der Waals surface area contributed by atoms with Gasteiger partial charge in [0.2, 0.25) is 6.41 Å². The number of ether oxygens (including phenoxy) is 3. The maximum atomic E-state index is 15.3. The average Bonchev–Trinajstić information content (AvgIpc) is 3.92. The second kappa shape index (κ2) is 17.7. The van der Waals surface area contributed by atoms with Crippen LogP contribution in [0.4, 0.5) is 17.1 Å². The van der Waals surface area contributed by atoms with Gasteiger partial charge in [-0.15, -0.1) is 5.10 Å². The van der Waals surface area contributed by atoms with E-state index in [0.29, 0.717) is 49.4 Å². The number of nitrogens with zero attached hydrogens (tertiary/aromatic N) is 5. The summed E-state index contributed by atoms with van der Waals surface area (Å²) >= 11 is 0. The van der Waals surface area contributed by atoms with Crippen LogP contribution < -0.4 is 19.7 Å². The molecule has 4 aromatic carbocycles. The van der Waals surface area contributed by atoms with E-state index >= 15 is 4.79 Å². The van der Waals surface area contributed by atoms with Crippen LogP contribution in [0, 0.1) is 5.92 Å². The molecule has 1 N–H and O–H groups in total. The van der Waals surface area contributed by atoms with Crippen LogP contribution in [0.3, 0.4) is 0 Å². The SMILES string of the molecule is COC(=O)CCCCN1C(=O)[C@@]2(O[C@@H](CCn3cc(C(CO)c4ccccc4)nn3)[C@H]([Si](C)(C)c3ccc(OC)cc3)[C@H]2C)c2cc(N(C=O)c3ccccc3)ccc21. The number of rotatable bonds is 17. The number of carbonyl (C=O) groups is 3. The van der Waals surface area contributed by atoms with Gasteiger partial charge in [-0.25, -0.2) is 0 Å². The smallest absolute Gasteiger partial charge is 0.305 e. The van der Waals surface area contributed by atoms with Crippen LogP contribution in [-0.2, 0) is 36.0 Å². The van der Waals surface area contributed by atoms with Crippen molar-refractivity contribution in [3.63, 3.8) is 0 Å². The maximum Gasteiger partial charge on any atom is 0.305 e. The Balaban J connectivity index is 1.29. The van der Waals surface area contributed by atoms with E-state index in [-0.39, 0.29) is 48.4 Å². The van der Waals surface area contributed by atoms with Crippen LogP contribution in [0.1, 0.15) is 55.3 Å². The lowest BCUT2D eigenvalue weighted by atomic mass is 9.82. The number of hydrogen-bond acceptors (Lipinski definition) is 9. The highest BCUT2D eigenvalue weighted by molar-refractivity contribution is 6.91. The summed E-state index contributed by atoms with van der Waals surface area (Å²) in [6.07, 6.45) is 4.27. The van der Waals surface area contributed by atoms with Crippen molar-refractivity contribution in [2.75, 3.05) is 37.2 Å². The highest BCUT2D eigenvalue weighted by Gasteiger charge is 2.66. The quantitative estimate of drug-likeness (QED) is 0.0471. The molecular weight excluding hydrogens is 763 g/mol. The van der Waals surface area contributed by atoms with Crippen LogP contribution in [0.5, 0.6) is 5.75 Å². The molecule has 13 heteroatoms. The summed E-state index contributed by atoms with van der Waals surface area (Å²) in [5.41, 5.74) is 3.03. The number of methoxy groups -OCH3 is 2. The molecule has 2 amide bonds. The van der Waals surface area contributed by atoms with Crippen molar-refractivity contribution in [2.24, 2.45) is 5.92 Å². The molecule has 0 bridgehead atoms. The molecule has 5 atom stereocenters. The van der Waals surface area contributed by atoms with Crippen LogP contribution in [0.2, 0.25) is 18.6 Å². The molecular formula is C46H53N5O7Si. The zero-order chi connectivity index (χ0) is 41.7. The molecule has 1 fully saturated rings. The van der Waals surface area contributed by atoms with Crippen LogP contribution >= 0.6 is 0 Å². The zero-order valence-corrected chi connectivity index (χ0v) is 35.4. The normalized spacial score (nSPS) is 20.4. The number of anilines is 3. The summed E-state index contributed by atoms with van der Waals surface area (Å²) in [5.74, 6) is -0.245. The summed E-state index contributed by atoms with van der Waals surface area (Å²) < 4.78 is 19.6. The third kappa shape index (κ3) is 7.94. The number of benzene rings is 4. The molecule has 1 aromatic heterocycles. The first kappa shape index (κ1) is 41.5. The Morgan fingerprint density at radius 1 is 0.966 bits per heavy atom. The van der Waals surface area contributed by atoms with E-state index < -0.39 is 13.7 Å². The predicted octanol–water partition coefficient (Wildman–Crippen LogP) is 6.70. The van der Waals surface area contributed by atoms with Gasteiger partial charge in [0.1, 0.15) is 5.75 Å². The van der Waals surface area contributed by atoms with Crippen molar-refractivity contribution in [1.29, 1.82) is 0 Å². The average molecular weight is 816 g/mol. The summed E-state index contributed by atoms with van der Waals surface area (Å²) in [5, 5.41) is 20.5. The van der Waals surface area contributed by atoms with Crippen LogP contribution in [-0.4, -0.2) is 79.9 Å². The first-order valence-corrected chi connectivity index (χ1v) is 23.4. The van der Waals surface area contributed by atoms with Crippen molar-refractivity contribution in [1.82, 2.24) is 15.0 Å². The highest BCUT2D eigenvalue weighted by Crippen LogP contribution is 2.60. The van der Waals surface area contributed by atoms with Gasteiger partial charge in [0.15, 0.2) is 5.60 Å². The number of esters is 1. The minimum Gasteiger partial charge on any atom is -0.497 e. The second-order valence-electron chi connectivity index (χ2n) is 16.0. The van der Waals surface area contributed by atoms with Gasteiger partial charge in [0.25, 0.3) is 5.91 Å². The Morgan fingerprint density at radius 3 is 2.34 bits per heavy atom. The topological polar surface area (TPSA) is 136 Å². The lowest BCUT2D eigenvalue weighted by Crippen LogP contribution is -2.52. The van der Waals surface area contributed by atoms with Gasteiger partial charge < -0.3 is 24.2 Å². The highest BCUT2D eigenvalue weighted by atomic mass is 28.3. The lowest BCUT2D eigenvalue weighted by molar-refractivity contribution is -0.146. The fourth-order valence-electron chi connectivity index (χ4n) is 9.34. The van der Waals surface area contributed by atoms with Gasteiger partial charge in [-0.3, -0.25) is 24.0 Å². The number of aliphatic hydroxyl groups is 1. The van der Waals surface area contributed by atoms with E-state index in [1.807, 2.05) is 102 Å². The molecule has 1 spiro atoms. The summed E-state index contributed by atoms with van der Waals surface area (Å²) in [4.78, 5) is 43.4. The predicted molar refractivity (Wildman–Crippen MR) is 229 cm³/mol. The number of carbonyl (C=O) groups excluding carboxylic acids is 3. The van der Waals surface area contributed by atoms with Gasteiger partial charge >= 0.3 is 5.97 Å². The van der Waals surface area contributed by atoms with E-state index in [0.717, 1.165) is 29.0 Å². The van der Waals surface area contributed by atoms with Gasteiger partial charge in [0.05, 0.1) is 52.3 Å². The van der Waals surface area contributed by atoms with Crippen molar-refractivity contribution < 1.29 is 33.7 Å². The largest absolute Gasteiger partial charge is 0.497 e. The molecule has 3 heterocycles. The van der Waals surface area contributed by atoms with E-state index in [1.165, 1.54) is 12.3 Å². The number of unbranched alkanes of at least 4 members (excludes halogenated alkanes) is 1. The van der Waals surface area contributed by atoms with E-state index in [9.17, 15) is 14.7 Å². The number of aryl methyl sites for hydroxylation is 1. The minimum absolute atomic E-state index is 0.0376. The Labute approximate surface area is 346 Å². The molecule has 2 aliphatic rings. The van der Waals surface area contributed by atoms with Gasteiger partial charge in [-0.1, -0.05) is 91.1 Å². The fraction of sp³-hybridized carbons (Fsp3) is 0.370. The molecule has 1 saturated heterocycles. The summed E-state index contributed by atoms with van der Waals surface area (Å²) in [6, 6.07) is 33.2. The Bertz CT molecular complexity index is 2240. The molecule has 12 nitrogen and oxygen atoms in total. The number of para-hydroxylation sites is 1. The number of hydrogen-bond donors (Lipinski definition) is 1. The Hall–Kier alpha value is -5.63.